The Balaban J connectivity index is 1.89. The van der Waals surface area contributed by atoms with Gasteiger partial charge < -0.3 is 10.1 Å². The highest BCUT2D eigenvalue weighted by atomic mass is 16.5. The van der Waals surface area contributed by atoms with Crippen LogP contribution in [0, 0.1) is 0 Å². The molecule has 26 heavy (non-hydrogen) atoms. The fourth-order valence-electron chi connectivity index (χ4n) is 3.41. The van der Waals surface area contributed by atoms with E-state index in [4.69, 9.17) is 9.72 Å². The van der Waals surface area contributed by atoms with Crippen molar-refractivity contribution in [2.24, 2.45) is 0 Å². The second-order valence-corrected chi connectivity index (χ2v) is 7.04. The summed E-state index contributed by atoms with van der Waals surface area (Å²) in [6.45, 7) is 3.28. The molecule has 1 aliphatic heterocycles. The van der Waals surface area contributed by atoms with Crippen molar-refractivity contribution in [1.82, 2.24) is 14.9 Å². The van der Waals surface area contributed by atoms with Crippen LogP contribution in [-0.4, -0.2) is 35.2 Å². The molecule has 0 saturated heterocycles. The second kappa shape index (κ2) is 8.45. The van der Waals surface area contributed by atoms with Gasteiger partial charge in [-0.2, -0.15) is 0 Å². The van der Waals surface area contributed by atoms with Crippen molar-refractivity contribution in [1.29, 1.82) is 0 Å². The number of nitrogens with zero attached hydrogens (tertiary/aromatic N) is 2. The van der Waals surface area contributed by atoms with Gasteiger partial charge >= 0.3 is 0 Å². The van der Waals surface area contributed by atoms with E-state index in [1.165, 1.54) is 6.42 Å². The first-order valence-corrected chi connectivity index (χ1v) is 9.43. The molecule has 1 aromatic heterocycles. The van der Waals surface area contributed by atoms with Gasteiger partial charge in [0, 0.05) is 38.3 Å². The van der Waals surface area contributed by atoms with Crippen molar-refractivity contribution >= 4 is 16.8 Å². The highest BCUT2D eigenvalue weighted by Crippen LogP contribution is 2.16. The summed E-state index contributed by atoms with van der Waals surface area (Å²) < 4.78 is 6.86. The predicted molar refractivity (Wildman–Crippen MR) is 102 cm³/mol. The Morgan fingerprint density at radius 3 is 2.92 bits per heavy atom. The van der Waals surface area contributed by atoms with Gasteiger partial charge in [0.25, 0.3) is 11.5 Å². The summed E-state index contributed by atoms with van der Waals surface area (Å²) in [5.41, 5.74) is 1.15. The zero-order valence-electron chi connectivity index (χ0n) is 15.6. The minimum atomic E-state index is -0.149. The largest absolute Gasteiger partial charge is 0.385 e. The standard InChI is InChI=1S/C20H27N3O3/c1-14(10-12-26-2)21-19(24)15-8-9-16-17(13-15)22-18-7-5-3-4-6-11-23(18)20(16)25/h8-9,13-14H,3-7,10-12H2,1-2H3,(H,21,24). The lowest BCUT2D eigenvalue weighted by Crippen LogP contribution is -2.33. The van der Waals surface area contributed by atoms with Crippen LogP contribution in [0.15, 0.2) is 23.0 Å². The normalized spacial score (nSPS) is 15.8. The number of carbonyl (C=O) groups is 1. The van der Waals surface area contributed by atoms with Gasteiger partial charge in [-0.05, 0) is 44.4 Å². The number of ether oxygens (including phenoxy) is 1. The summed E-state index contributed by atoms with van der Waals surface area (Å²) in [5, 5.41) is 3.54. The molecule has 140 valence electrons. The molecule has 3 rings (SSSR count). The number of hydrogen-bond acceptors (Lipinski definition) is 4. The lowest BCUT2D eigenvalue weighted by molar-refractivity contribution is 0.0929. The topological polar surface area (TPSA) is 73.2 Å². The van der Waals surface area contributed by atoms with Crippen LogP contribution in [0.1, 0.15) is 55.2 Å². The maximum atomic E-state index is 12.8. The average molecular weight is 357 g/mol. The summed E-state index contributed by atoms with van der Waals surface area (Å²) in [4.78, 5) is 30.0. The number of hydrogen-bond donors (Lipinski definition) is 1. The minimum Gasteiger partial charge on any atom is -0.385 e. The van der Waals surface area contributed by atoms with Crippen LogP contribution in [0.25, 0.3) is 10.9 Å². The molecule has 0 aliphatic carbocycles. The Kier molecular flexibility index (Phi) is 6.04. The number of aromatic nitrogens is 2. The molecular formula is C20H27N3O3. The Morgan fingerprint density at radius 2 is 2.12 bits per heavy atom. The number of carbonyl (C=O) groups excluding carboxylic acids is 1. The van der Waals surface area contributed by atoms with Crippen molar-refractivity contribution in [3.63, 3.8) is 0 Å². The molecule has 1 N–H and O–H groups in total. The Hall–Kier alpha value is -2.21. The Morgan fingerprint density at radius 1 is 1.31 bits per heavy atom. The van der Waals surface area contributed by atoms with E-state index < -0.39 is 0 Å². The Bertz CT molecular complexity index is 844. The van der Waals surface area contributed by atoms with E-state index in [1.54, 1.807) is 25.3 Å². The predicted octanol–water partition coefficient (Wildman–Crippen LogP) is 2.67. The second-order valence-electron chi connectivity index (χ2n) is 7.04. The number of amides is 1. The molecule has 0 bridgehead atoms. The summed E-state index contributed by atoms with van der Waals surface area (Å²) in [6, 6.07) is 5.19. The third-order valence-corrected chi connectivity index (χ3v) is 4.96. The van der Waals surface area contributed by atoms with Crippen LogP contribution in [0.4, 0.5) is 0 Å². The van der Waals surface area contributed by atoms with Crippen LogP contribution < -0.4 is 10.9 Å². The van der Waals surface area contributed by atoms with Gasteiger partial charge in [0.1, 0.15) is 5.82 Å². The monoisotopic (exact) mass is 357 g/mol. The number of fused-ring (bicyclic) bond motifs is 2. The van der Waals surface area contributed by atoms with Gasteiger partial charge in [0.2, 0.25) is 0 Å². The molecule has 1 aliphatic rings. The van der Waals surface area contributed by atoms with Gasteiger partial charge in [-0.1, -0.05) is 12.8 Å². The highest BCUT2D eigenvalue weighted by Gasteiger charge is 2.15. The van der Waals surface area contributed by atoms with Gasteiger partial charge in [0.15, 0.2) is 0 Å². The molecule has 2 aromatic rings. The quantitative estimate of drug-likeness (QED) is 0.893. The first-order valence-electron chi connectivity index (χ1n) is 9.43. The van der Waals surface area contributed by atoms with Crippen molar-refractivity contribution in [2.45, 2.75) is 58.0 Å². The van der Waals surface area contributed by atoms with Gasteiger partial charge in [-0.3, -0.25) is 14.2 Å². The fraction of sp³-hybridized carbons (Fsp3) is 0.550. The fourth-order valence-corrected chi connectivity index (χ4v) is 3.41. The molecule has 1 atom stereocenters. The van der Waals surface area contributed by atoms with E-state index in [0.717, 1.165) is 44.5 Å². The third kappa shape index (κ3) is 4.12. The first kappa shape index (κ1) is 18.6. The number of benzene rings is 1. The van der Waals surface area contributed by atoms with E-state index >= 15 is 0 Å². The summed E-state index contributed by atoms with van der Waals surface area (Å²) in [7, 11) is 1.65. The molecule has 0 fully saturated rings. The lowest BCUT2D eigenvalue weighted by Gasteiger charge is -2.17. The first-order chi connectivity index (χ1) is 12.6. The SMILES string of the molecule is COCCC(C)NC(=O)c1ccc2c(=O)n3c(nc2c1)CCCCCC3. The van der Waals surface area contributed by atoms with Crippen LogP contribution in [0.5, 0.6) is 0 Å². The number of nitrogens with one attached hydrogen (secondary N) is 1. The summed E-state index contributed by atoms with van der Waals surface area (Å²) in [6.07, 6.45) is 5.97. The molecule has 0 saturated carbocycles. The van der Waals surface area contributed by atoms with E-state index in [0.29, 0.717) is 23.1 Å². The molecule has 1 unspecified atom stereocenters. The highest BCUT2D eigenvalue weighted by molar-refractivity contribution is 5.97. The zero-order valence-corrected chi connectivity index (χ0v) is 15.6. The summed E-state index contributed by atoms with van der Waals surface area (Å²) >= 11 is 0. The van der Waals surface area contributed by atoms with Crippen molar-refractivity contribution in [2.75, 3.05) is 13.7 Å². The van der Waals surface area contributed by atoms with E-state index in [9.17, 15) is 9.59 Å². The van der Waals surface area contributed by atoms with Crippen molar-refractivity contribution in [3.8, 4) is 0 Å². The van der Waals surface area contributed by atoms with Gasteiger partial charge in [0.05, 0.1) is 10.9 Å². The van der Waals surface area contributed by atoms with Crippen LogP contribution >= 0.6 is 0 Å². The number of aryl methyl sites for hydroxylation is 1. The Labute approximate surface area is 153 Å². The number of rotatable bonds is 5. The molecule has 6 heteroatoms. The minimum absolute atomic E-state index is 0.00678. The maximum absolute atomic E-state index is 12.8. The van der Waals surface area contributed by atoms with E-state index in [-0.39, 0.29) is 17.5 Å². The van der Waals surface area contributed by atoms with Crippen LogP contribution in [-0.2, 0) is 17.7 Å². The van der Waals surface area contributed by atoms with E-state index in [1.807, 2.05) is 11.5 Å². The maximum Gasteiger partial charge on any atom is 0.261 e. The molecule has 1 amide bonds. The smallest absolute Gasteiger partial charge is 0.261 e. The molecule has 0 spiro atoms. The van der Waals surface area contributed by atoms with E-state index in [2.05, 4.69) is 5.32 Å². The molecule has 1 aromatic carbocycles. The zero-order chi connectivity index (χ0) is 18.5. The van der Waals surface area contributed by atoms with Crippen LogP contribution in [0.2, 0.25) is 0 Å². The summed E-state index contributed by atoms with van der Waals surface area (Å²) in [5.74, 6) is 0.692. The van der Waals surface area contributed by atoms with Gasteiger partial charge in [-0.15, -0.1) is 0 Å². The van der Waals surface area contributed by atoms with Gasteiger partial charge in [-0.25, -0.2) is 4.98 Å². The molecule has 0 radical (unpaired) electrons. The van der Waals surface area contributed by atoms with Crippen molar-refractivity contribution < 1.29 is 9.53 Å². The van der Waals surface area contributed by atoms with Crippen LogP contribution in [0.3, 0.4) is 0 Å². The van der Waals surface area contributed by atoms with Crippen molar-refractivity contribution in [3.05, 3.63) is 39.9 Å². The lowest BCUT2D eigenvalue weighted by atomic mass is 10.1. The number of methoxy groups -OCH3 is 1. The molecule has 6 nitrogen and oxygen atoms in total. The third-order valence-electron chi connectivity index (χ3n) is 4.96. The molecular weight excluding hydrogens is 330 g/mol. The average Bonchev–Trinajstić information content (AvgIpc) is 2.61. The molecule has 2 heterocycles.